The van der Waals surface area contributed by atoms with E-state index in [2.05, 4.69) is 22.1 Å². The van der Waals surface area contributed by atoms with Crippen molar-refractivity contribution in [3.63, 3.8) is 0 Å². The SMILES string of the molecule is CCOC(C)(C#Cc1ccc(F)c(F)c1)N=NC. The van der Waals surface area contributed by atoms with E-state index in [0.29, 0.717) is 12.2 Å². The standard InChI is InChI=1S/C13H14F2N2O/c1-4-18-13(2,17-16-3)8-7-10-5-6-11(14)12(15)9-10/h5-6,9H,4H2,1-3H3. The number of benzene rings is 1. The van der Waals surface area contributed by atoms with Crippen molar-refractivity contribution in [3.05, 3.63) is 35.4 Å². The molecule has 1 aromatic rings. The van der Waals surface area contributed by atoms with Gasteiger partial charge in [0, 0.05) is 19.2 Å². The molecule has 0 aliphatic heterocycles. The third-order valence-electron chi connectivity index (χ3n) is 2.07. The van der Waals surface area contributed by atoms with Gasteiger partial charge in [-0.25, -0.2) is 8.78 Å². The second-order valence-corrected chi connectivity index (χ2v) is 3.59. The van der Waals surface area contributed by atoms with Crippen molar-refractivity contribution in [2.75, 3.05) is 13.7 Å². The molecular formula is C13H14F2N2O. The van der Waals surface area contributed by atoms with Gasteiger partial charge in [0.2, 0.25) is 5.72 Å². The van der Waals surface area contributed by atoms with Gasteiger partial charge in [-0.05, 0) is 38.0 Å². The molecular weight excluding hydrogens is 238 g/mol. The number of azo groups is 1. The minimum absolute atomic E-state index is 0.353. The molecule has 0 bridgehead atoms. The summed E-state index contributed by atoms with van der Waals surface area (Å²) in [5.74, 6) is 3.59. The zero-order valence-electron chi connectivity index (χ0n) is 10.5. The van der Waals surface area contributed by atoms with Gasteiger partial charge >= 0.3 is 0 Å². The van der Waals surface area contributed by atoms with Crippen molar-refractivity contribution < 1.29 is 13.5 Å². The normalized spacial score (nSPS) is 14.1. The van der Waals surface area contributed by atoms with Crippen molar-refractivity contribution in [3.8, 4) is 11.8 Å². The van der Waals surface area contributed by atoms with E-state index in [4.69, 9.17) is 4.74 Å². The zero-order valence-corrected chi connectivity index (χ0v) is 10.5. The summed E-state index contributed by atoms with van der Waals surface area (Å²) < 4.78 is 31.1. The van der Waals surface area contributed by atoms with E-state index >= 15 is 0 Å². The lowest BCUT2D eigenvalue weighted by atomic mass is 10.2. The van der Waals surface area contributed by atoms with Crippen molar-refractivity contribution in [1.82, 2.24) is 0 Å². The minimum Gasteiger partial charge on any atom is -0.343 e. The quantitative estimate of drug-likeness (QED) is 0.601. The van der Waals surface area contributed by atoms with Crippen LogP contribution in [0.2, 0.25) is 0 Å². The molecule has 0 fully saturated rings. The number of ether oxygens (including phenoxy) is 1. The number of rotatable bonds is 3. The molecule has 0 radical (unpaired) electrons. The topological polar surface area (TPSA) is 34.0 Å². The summed E-state index contributed by atoms with van der Waals surface area (Å²) in [5.41, 5.74) is -0.722. The fraction of sp³-hybridized carbons (Fsp3) is 0.385. The fourth-order valence-electron chi connectivity index (χ4n) is 1.32. The molecule has 1 rings (SSSR count). The highest BCUT2D eigenvalue weighted by molar-refractivity contribution is 5.36. The summed E-state index contributed by atoms with van der Waals surface area (Å²) in [5, 5.41) is 7.50. The van der Waals surface area contributed by atoms with E-state index in [9.17, 15) is 8.78 Å². The highest BCUT2D eigenvalue weighted by Crippen LogP contribution is 2.13. The Labute approximate surface area is 105 Å². The summed E-state index contributed by atoms with van der Waals surface area (Å²) in [6.45, 7) is 3.88. The third-order valence-corrected chi connectivity index (χ3v) is 2.07. The Morgan fingerprint density at radius 2 is 2.06 bits per heavy atom. The van der Waals surface area contributed by atoms with Crippen LogP contribution >= 0.6 is 0 Å². The molecule has 18 heavy (non-hydrogen) atoms. The molecule has 3 nitrogen and oxygen atoms in total. The molecule has 0 saturated carbocycles. The van der Waals surface area contributed by atoms with Crippen molar-refractivity contribution in [2.24, 2.45) is 10.2 Å². The molecule has 1 atom stereocenters. The average molecular weight is 252 g/mol. The first-order valence-corrected chi connectivity index (χ1v) is 5.44. The summed E-state index contributed by atoms with van der Waals surface area (Å²) in [7, 11) is 1.51. The van der Waals surface area contributed by atoms with Crippen LogP contribution in [0.15, 0.2) is 28.4 Å². The number of halogens is 2. The summed E-state index contributed by atoms with van der Waals surface area (Å²) in [6.07, 6.45) is 0. The summed E-state index contributed by atoms with van der Waals surface area (Å²) in [4.78, 5) is 0. The maximum Gasteiger partial charge on any atom is 0.238 e. The van der Waals surface area contributed by atoms with Crippen LogP contribution < -0.4 is 0 Å². The van der Waals surface area contributed by atoms with Gasteiger partial charge in [0.1, 0.15) is 0 Å². The molecule has 96 valence electrons. The zero-order chi connectivity index (χ0) is 13.6. The summed E-state index contributed by atoms with van der Waals surface area (Å²) in [6, 6.07) is 3.44. The van der Waals surface area contributed by atoms with Crippen LogP contribution in [0.3, 0.4) is 0 Å². The van der Waals surface area contributed by atoms with Crippen LogP contribution in [-0.4, -0.2) is 19.4 Å². The number of hydrogen-bond acceptors (Lipinski definition) is 3. The van der Waals surface area contributed by atoms with Crippen molar-refractivity contribution in [1.29, 1.82) is 0 Å². The van der Waals surface area contributed by atoms with E-state index < -0.39 is 17.4 Å². The lowest BCUT2D eigenvalue weighted by Gasteiger charge is -2.16. The van der Waals surface area contributed by atoms with Crippen molar-refractivity contribution >= 4 is 0 Å². The highest BCUT2D eigenvalue weighted by Gasteiger charge is 2.20. The number of hydrogen-bond donors (Lipinski definition) is 0. The van der Waals surface area contributed by atoms with Gasteiger partial charge in [-0.2, -0.15) is 5.11 Å². The van der Waals surface area contributed by atoms with Gasteiger partial charge in [-0.15, -0.1) is 5.11 Å². The van der Waals surface area contributed by atoms with E-state index in [-0.39, 0.29) is 0 Å². The molecule has 0 aromatic heterocycles. The minimum atomic E-state index is -1.08. The predicted molar refractivity (Wildman–Crippen MR) is 64.0 cm³/mol. The smallest absolute Gasteiger partial charge is 0.238 e. The Bertz CT molecular complexity index is 505. The Morgan fingerprint density at radius 1 is 1.33 bits per heavy atom. The molecule has 1 unspecified atom stereocenters. The maximum atomic E-state index is 13.0. The van der Waals surface area contributed by atoms with Crippen LogP contribution in [0.1, 0.15) is 19.4 Å². The summed E-state index contributed by atoms with van der Waals surface area (Å²) >= 11 is 0. The second kappa shape index (κ2) is 6.22. The van der Waals surface area contributed by atoms with E-state index in [0.717, 1.165) is 12.1 Å². The molecule has 0 saturated heterocycles. The molecule has 0 N–H and O–H groups in total. The first kappa shape index (κ1) is 14.3. The van der Waals surface area contributed by atoms with Crippen molar-refractivity contribution in [2.45, 2.75) is 19.6 Å². The van der Waals surface area contributed by atoms with Gasteiger partial charge in [-0.1, -0.05) is 5.92 Å². The molecule has 0 spiro atoms. The third kappa shape index (κ3) is 3.90. The van der Waals surface area contributed by atoms with Gasteiger partial charge in [0.15, 0.2) is 11.6 Å². The van der Waals surface area contributed by atoms with E-state index in [1.54, 1.807) is 6.92 Å². The van der Waals surface area contributed by atoms with Crippen LogP contribution in [0.4, 0.5) is 8.78 Å². The lowest BCUT2D eigenvalue weighted by Crippen LogP contribution is -2.23. The van der Waals surface area contributed by atoms with Gasteiger partial charge in [0.05, 0.1) is 0 Å². The Kier molecular flexibility index (Phi) is 4.93. The molecule has 0 aliphatic rings. The van der Waals surface area contributed by atoms with E-state index in [1.807, 2.05) is 6.92 Å². The largest absolute Gasteiger partial charge is 0.343 e. The molecule has 5 heteroatoms. The van der Waals surface area contributed by atoms with Crippen LogP contribution in [0.5, 0.6) is 0 Å². The van der Waals surface area contributed by atoms with Crippen LogP contribution in [-0.2, 0) is 4.74 Å². The molecule has 0 heterocycles. The van der Waals surface area contributed by atoms with Crippen LogP contribution in [0.25, 0.3) is 0 Å². The monoisotopic (exact) mass is 252 g/mol. The van der Waals surface area contributed by atoms with E-state index in [1.165, 1.54) is 13.1 Å². The molecule has 1 aromatic carbocycles. The maximum absolute atomic E-state index is 13.0. The average Bonchev–Trinajstić information content (AvgIpc) is 2.32. The second-order valence-electron chi connectivity index (χ2n) is 3.59. The predicted octanol–water partition coefficient (Wildman–Crippen LogP) is 3.15. The highest BCUT2D eigenvalue weighted by atomic mass is 19.2. The van der Waals surface area contributed by atoms with Gasteiger partial charge < -0.3 is 4.74 Å². The first-order valence-electron chi connectivity index (χ1n) is 5.44. The van der Waals surface area contributed by atoms with Gasteiger partial charge in [0.25, 0.3) is 0 Å². The lowest BCUT2D eigenvalue weighted by molar-refractivity contribution is 0.0230. The molecule has 0 amide bonds. The molecule has 0 aliphatic carbocycles. The van der Waals surface area contributed by atoms with Crippen LogP contribution in [0, 0.1) is 23.5 Å². The van der Waals surface area contributed by atoms with Gasteiger partial charge in [-0.3, -0.25) is 0 Å². The number of nitrogens with zero attached hydrogens (tertiary/aromatic N) is 2. The Hall–Kier alpha value is -1.80. The first-order chi connectivity index (χ1) is 8.50. The Balaban J connectivity index is 3.00. The Morgan fingerprint density at radius 3 is 2.61 bits per heavy atom. The fourth-order valence-corrected chi connectivity index (χ4v) is 1.32.